The van der Waals surface area contributed by atoms with Crippen molar-refractivity contribution in [1.29, 1.82) is 0 Å². The summed E-state index contributed by atoms with van der Waals surface area (Å²) in [5.74, 6) is -0.156. The molecule has 0 aliphatic carbocycles. The summed E-state index contributed by atoms with van der Waals surface area (Å²) in [5.41, 5.74) is 7.58. The number of fused-ring (bicyclic) bond motifs is 1. The molecule has 0 unspecified atom stereocenters. The average Bonchev–Trinajstić information content (AvgIpc) is 3.29. The van der Waals surface area contributed by atoms with Gasteiger partial charge in [0.15, 0.2) is 0 Å². The van der Waals surface area contributed by atoms with E-state index in [9.17, 15) is 14.4 Å². The van der Waals surface area contributed by atoms with Crippen molar-refractivity contribution in [3.63, 3.8) is 0 Å². The number of hydrogen-bond donors (Lipinski definition) is 3. The van der Waals surface area contributed by atoms with E-state index in [-0.39, 0.29) is 30.0 Å². The summed E-state index contributed by atoms with van der Waals surface area (Å²) in [6.07, 6.45) is 3.79. The Morgan fingerprint density at radius 3 is 2.49 bits per heavy atom. The van der Waals surface area contributed by atoms with Crippen LogP contribution in [0.15, 0.2) is 53.5 Å². The number of H-pyrrole nitrogens is 1. The summed E-state index contributed by atoms with van der Waals surface area (Å²) in [6, 6.07) is 14.2. The number of aromatic amines is 1. The van der Waals surface area contributed by atoms with Gasteiger partial charge in [0.2, 0.25) is 5.91 Å². The number of carbonyl (C=O) groups is 2. The molecule has 8 heteroatoms. The fourth-order valence-electron chi connectivity index (χ4n) is 5.81. The lowest BCUT2D eigenvalue weighted by atomic mass is 9.97. The fourth-order valence-corrected chi connectivity index (χ4v) is 5.81. The van der Waals surface area contributed by atoms with Gasteiger partial charge in [-0.1, -0.05) is 25.5 Å². The van der Waals surface area contributed by atoms with Gasteiger partial charge < -0.3 is 25.1 Å². The Balaban J connectivity index is 1.53. The Morgan fingerprint density at radius 1 is 1.05 bits per heavy atom. The van der Waals surface area contributed by atoms with Crippen molar-refractivity contribution in [1.82, 2.24) is 20.2 Å². The van der Waals surface area contributed by atoms with Crippen LogP contribution in [-0.2, 0) is 17.8 Å². The van der Waals surface area contributed by atoms with Gasteiger partial charge in [0, 0.05) is 65.3 Å². The molecule has 0 radical (unpaired) electrons. The van der Waals surface area contributed by atoms with Crippen LogP contribution < -0.4 is 21.1 Å². The first-order chi connectivity index (χ1) is 19.7. The van der Waals surface area contributed by atoms with E-state index in [1.807, 2.05) is 50.2 Å². The van der Waals surface area contributed by atoms with Crippen molar-refractivity contribution in [2.45, 2.75) is 60.0 Å². The first-order valence-electron chi connectivity index (χ1n) is 14.4. The van der Waals surface area contributed by atoms with Crippen LogP contribution in [0.25, 0.3) is 22.0 Å². The summed E-state index contributed by atoms with van der Waals surface area (Å²) in [5, 5.41) is 7.07. The summed E-state index contributed by atoms with van der Waals surface area (Å²) in [7, 11) is 0. The van der Waals surface area contributed by atoms with Gasteiger partial charge in [-0.15, -0.1) is 0 Å². The summed E-state index contributed by atoms with van der Waals surface area (Å²) < 4.78 is 2.20. The minimum absolute atomic E-state index is 0.0594. The van der Waals surface area contributed by atoms with E-state index in [0.717, 1.165) is 63.9 Å². The quantitative estimate of drug-likeness (QED) is 0.286. The van der Waals surface area contributed by atoms with Gasteiger partial charge in [-0.2, -0.15) is 0 Å². The van der Waals surface area contributed by atoms with Gasteiger partial charge in [0.05, 0.1) is 6.54 Å². The molecule has 3 N–H and O–H groups in total. The molecule has 2 aromatic heterocycles. The summed E-state index contributed by atoms with van der Waals surface area (Å²) in [4.78, 5) is 43.7. The number of hydrogen-bond acceptors (Lipinski definition) is 4. The molecule has 5 rings (SSSR count). The zero-order valence-electron chi connectivity index (χ0n) is 24.6. The molecule has 0 bridgehead atoms. The van der Waals surface area contributed by atoms with Crippen molar-refractivity contribution in [3.8, 4) is 11.1 Å². The number of aryl methyl sites for hydroxylation is 3. The number of rotatable bonds is 8. The first kappa shape index (κ1) is 28.4. The Hall–Kier alpha value is -4.17. The number of aromatic nitrogens is 2. The molecule has 3 heterocycles. The highest BCUT2D eigenvalue weighted by molar-refractivity contribution is 6.09. The molecule has 1 fully saturated rings. The molecular formula is C33H39N5O3. The van der Waals surface area contributed by atoms with E-state index in [2.05, 4.69) is 53.2 Å². The number of benzene rings is 2. The molecule has 2 amide bonds. The Morgan fingerprint density at radius 2 is 1.80 bits per heavy atom. The molecule has 1 aliphatic rings. The summed E-state index contributed by atoms with van der Waals surface area (Å²) >= 11 is 0. The van der Waals surface area contributed by atoms with E-state index >= 15 is 0 Å². The molecule has 1 aliphatic heterocycles. The van der Waals surface area contributed by atoms with Crippen LogP contribution in [0, 0.1) is 13.8 Å². The largest absolute Gasteiger partial charge is 0.348 e. The van der Waals surface area contributed by atoms with Gasteiger partial charge in [-0.25, -0.2) is 0 Å². The van der Waals surface area contributed by atoms with Crippen LogP contribution >= 0.6 is 0 Å². The molecule has 0 saturated carbocycles. The lowest BCUT2D eigenvalue weighted by Crippen LogP contribution is -2.48. The number of nitrogens with one attached hydrogen (secondary N) is 3. The maximum atomic E-state index is 13.8. The van der Waals surface area contributed by atoms with Crippen molar-refractivity contribution in [2.24, 2.45) is 0 Å². The fraction of sp³-hybridized carbons (Fsp3) is 0.364. The molecule has 214 valence electrons. The second-order valence-corrected chi connectivity index (χ2v) is 11.2. The van der Waals surface area contributed by atoms with E-state index in [1.165, 1.54) is 0 Å². The first-order valence-corrected chi connectivity index (χ1v) is 14.4. The van der Waals surface area contributed by atoms with Crippen LogP contribution in [-0.4, -0.2) is 41.0 Å². The molecule has 0 spiro atoms. The smallest absolute Gasteiger partial charge is 0.253 e. The Labute approximate surface area is 240 Å². The molecule has 1 saturated heterocycles. The maximum Gasteiger partial charge on any atom is 0.253 e. The molecule has 4 aromatic rings. The molecule has 41 heavy (non-hydrogen) atoms. The minimum Gasteiger partial charge on any atom is -0.348 e. The normalized spacial score (nSPS) is 13.8. The Bertz CT molecular complexity index is 1660. The van der Waals surface area contributed by atoms with Crippen molar-refractivity contribution in [2.75, 3.05) is 24.5 Å². The Kier molecular flexibility index (Phi) is 8.13. The second-order valence-electron chi connectivity index (χ2n) is 11.2. The predicted molar refractivity (Wildman–Crippen MR) is 165 cm³/mol. The van der Waals surface area contributed by atoms with Crippen LogP contribution in [0.3, 0.4) is 0 Å². The molecule has 8 nitrogen and oxygen atoms in total. The minimum atomic E-state index is -0.216. The van der Waals surface area contributed by atoms with Crippen LogP contribution in [0.5, 0.6) is 0 Å². The van der Waals surface area contributed by atoms with Crippen molar-refractivity contribution < 1.29 is 9.59 Å². The lowest BCUT2D eigenvalue weighted by Gasteiger charge is -2.27. The number of carbonyl (C=O) groups excluding carboxylic acids is 2. The third-order valence-corrected chi connectivity index (χ3v) is 7.83. The standard InChI is InChI=1S/C33H39N5O3/c1-6-7-24-14-22(5)36-33(41)28(24)17-35-32(40)27-15-25(16-29-31(27)21(4)19-38(29)20(2)3)23-8-10-26(11-9-23)37-13-12-34-18-30(37)39/h8-11,14-16,19-20,34H,6-7,12-13,17-18H2,1-5H3,(H,35,40)(H,36,41). The number of amides is 2. The third-order valence-electron chi connectivity index (χ3n) is 7.83. The number of pyridine rings is 1. The maximum absolute atomic E-state index is 13.8. The van der Waals surface area contributed by atoms with Crippen LogP contribution in [0.4, 0.5) is 5.69 Å². The van der Waals surface area contributed by atoms with Crippen LogP contribution in [0.1, 0.15) is 66.0 Å². The highest BCUT2D eigenvalue weighted by Crippen LogP contribution is 2.34. The van der Waals surface area contributed by atoms with Gasteiger partial charge in [-0.05, 0) is 86.7 Å². The summed E-state index contributed by atoms with van der Waals surface area (Å²) in [6.45, 7) is 12.2. The van der Waals surface area contributed by atoms with Gasteiger partial charge in [-0.3, -0.25) is 14.4 Å². The topological polar surface area (TPSA) is 99.2 Å². The monoisotopic (exact) mass is 553 g/mol. The zero-order valence-corrected chi connectivity index (χ0v) is 24.6. The zero-order chi connectivity index (χ0) is 29.3. The van der Waals surface area contributed by atoms with E-state index in [4.69, 9.17) is 0 Å². The van der Waals surface area contributed by atoms with Crippen molar-refractivity contribution in [3.05, 3.63) is 87.0 Å². The highest BCUT2D eigenvalue weighted by atomic mass is 16.2. The molecule has 0 atom stereocenters. The van der Waals surface area contributed by atoms with Gasteiger partial charge in [0.1, 0.15) is 0 Å². The number of anilines is 1. The van der Waals surface area contributed by atoms with Gasteiger partial charge >= 0.3 is 0 Å². The molecular weight excluding hydrogens is 514 g/mol. The lowest BCUT2D eigenvalue weighted by molar-refractivity contribution is -0.118. The highest BCUT2D eigenvalue weighted by Gasteiger charge is 2.21. The predicted octanol–water partition coefficient (Wildman–Crippen LogP) is 5.01. The second kappa shape index (κ2) is 11.7. The molecule has 2 aromatic carbocycles. The van der Waals surface area contributed by atoms with E-state index in [1.54, 1.807) is 4.90 Å². The average molecular weight is 554 g/mol. The SMILES string of the molecule is CCCc1cc(C)[nH]c(=O)c1CNC(=O)c1cc(-c2ccc(N3CCNCC3=O)cc2)cc2c1c(C)cn2C(C)C. The van der Waals surface area contributed by atoms with Crippen LogP contribution in [0.2, 0.25) is 0 Å². The van der Waals surface area contributed by atoms with E-state index < -0.39 is 0 Å². The third kappa shape index (κ3) is 5.70. The van der Waals surface area contributed by atoms with E-state index in [0.29, 0.717) is 24.2 Å². The van der Waals surface area contributed by atoms with Crippen molar-refractivity contribution >= 4 is 28.4 Å². The van der Waals surface area contributed by atoms with Gasteiger partial charge in [0.25, 0.3) is 11.5 Å². The number of piperazine rings is 1. The number of nitrogens with zero attached hydrogens (tertiary/aromatic N) is 2.